The van der Waals surface area contributed by atoms with E-state index in [-0.39, 0.29) is 0 Å². The first kappa shape index (κ1) is 14.2. The molecule has 0 aromatic heterocycles. The van der Waals surface area contributed by atoms with Gasteiger partial charge in [-0.05, 0) is 62.0 Å². The molecule has 0 bridgehead atoms. The van der Waals surface area contributed by atoms with Crippen molar-refractivity contribution in [1.29, 1.82) is 0 Å². The van der Waals surface area contributed by atoms with Crippen molar-refractivity contribution in [1.82, 2.24) is 0 Å². The molecule has 1 saturated carbocycles. The Balaban J connectivity index is 1.75. The Kier molecular flexibility index (Phi) is 5.52. The standard InChI is InChI=1S/C19H26/c1-3-5-17-10-12-19(13-11-17)15-14-18-8-6-16(4-2)7-9-18/h2,10-13,16,18H,3,5-9,14-15H2,1H3. The van der Waals surface area contributed by atoms with E-state index < -0.39 is 0 Å². The summed E-state index contributed by atoms with van der Waals surface area (Å²) < 4.78 is 0. The Morgan fingerprint density at radius 2 is 1.58 bits per heavy atom. The van der Waals surface area contributed by atoms with Crippen LogP contribution in [0.1, 0.15) is 56.6 Å². The number of benzene rings is 1. The molecule has 1 aromatic carbocycles. The summed E-state index contributed by atoms with van der Waals surface area (Å²) in [5.74, 6) is 4.38. The van der Waals surface area contributed by atoms with Crippen molar-refractivity contribution in [2.45, 2.75) is 58.3 Å². The van der Waals surface area contributed by atoms with Crippen molar-refractivity contribution >= 4 is 0 Å². The highest BCUT2D eigenvalue weighted by molar-refractivity contribution is 5.22. The summed E-state index contributed by atoms with van der Waals surface area (Å²) in [5.41, 5.74) is 2.97. The normalized spacial score (nSPS) is 22.9. The summed E-state index contributed by atoms with van der Waals surface area (Å²) in [6, 6.07) is 9.23. The van der Waals surface area contributed by atoms with Crippen molar-refractivity contribution in [3.8, 4) is 12.3 Å². The van der Waals surface area contributed by atoms with E-state index in [1.165, 1.54) is 62.5 Å². The molecule has 0 heteroatoms. The van der Waals surface area contributed by atoms with E-state index in [0.29, 0.717) is 5.92 Å². The van der Waals surface area contributed by atoms with Crippen LogP contribution in [-0.2, 0) is 12.8 Å². The Hall–Kier alpha value is -1.22. The monoisotopic (exact) mass is 254 g/mol. The van der Waals surface area contributed by atoms with Gasteiger partial charge in [-0.3, -0.25) is 0 Å². The number of aryl methyl sites for hydroxylation is 2. The van der Waals surface area contributed by atoms with Crippen molar-refractivity contribution in [3.63, 3.8) is 0 Å². The van der Waals surface area contributed by atoms with E-state index in [0.717, 1.165) is 5.92 Å². The highest BCUT2D eigenvalue weighted by atomic mass is 14.2. The Morgan fingerprint density at radius 3 is 2.11 bits per heavy atom. The van der Waals surface area contributed by atoms with E-state index >= 15 is 0 Å². The lowest BCUT2D eigenvalue weighted by molar-refractivity contribution is 0.302. The van der Waals surface area contributed by atoms with Crippen LogP contribution in [0.3, 0.4) is 0 Å². The van der Waals surface area contributed by atoms with Crippen LogP contribution in [0, 0.1) is 24.2 Å². The maximum atomic E-state index is 5.50. The van der Waals surface area contributed by atoms with Gasteiger partial charge in [0, 0.05) is 5.92 Å². The molecule has 1 fully saturated rings. The fraction of sp³-hybridized carbons (Fsp3) is 0.579. The van der Waals surface area contributed by atoms with Gasteiger partial charge in [0.05, 0.1) is 0 Å². The van der Waals surface area contributed by atoms with Crippen LogP contribution in [-0.4, -0.2) is 0 Å². The minimum Gasteiger partial charge on any atom is -0.120 e. The Morgan fingerprint density at radius 1 is 1.00 bits per heavy atom. The topological polar surface area (TPSA) is 0 Å². The van der Waals surface area contributed by atoms with E-state index in [2.05, 4.69) is 37.1 Å². The zero-order chi connectivity index (χ0) is 13.5. The molecule has 19 heavy (non-hydrogen) atoms. The van der Waals surface area contributed by atoms with E-state index in [1.807, 2.05) is 0 Å². The smallest absolute Gasteiger partial charge is 0.0200 e. The van der Waals surface area contributed by atoms with Gasteiger partial charge in [-0.15, -0.1) is 12.3 Å². The summed E-state index contributed by atoms with van der Waals surface area (Å²) >= 11 is 0. The lowest BCUT2D eigenvalue weighted by Crippen LogP contribution is -2.13. The zero-order valence-corrected chi connectivity index (χ0v) is 12.2. The lowest BCUT2D eigenvalue weighted by atomic mass is 9.80. The second-order valence-electron chi connectivity index (χ2n) is 5.99. The number of hydrogen-bond donors (Lipinski definition) is 0. The maximum absolute atomic E-state index is 5.50. The van der Waals surface area contributed by atoms with Crippen LogP contribution in [0.4, 0.5) is 0 Å². The quantitative estimate of drug-likeness (QED) is 0.648. The molecule has 0 saturated heterocycles. The van der Waals surface area contributed by atoms with E-state index in [1.54, 1.807) is 0 Å². The molecule has 0 atom stereocenters. The van der Waals surface area contributed by atoms with Gasteiger partial charge in [-0.1, -0.05) is 37.6 Å². The summed E-state index contributed by atoms with van der Waals surface area (Å²) in [7, 11) is 0. The van der Waals surface area contributed by atoms with E-state index in [9.17, 15) is 0 Å². The summed E-state index contributed by atoms with van der Waals surface area (Å²) in [5, 5.41) is 0. The second-order valence-corrected chi connectivity index (χ2v) is 5.99. The van der Waals surface area contributed by atoms with Gasteiger partial charge in [0.1, 0.15) is 0 Å². The third kappa shape index (κ3) is 4.43. The molecule has 0 heterocycles. The van der Waals surface area contributed by atoms with Crippen LogP contribution >= 0.6 is 0 Å². The average Bonchev–Trinajstić information content (AvgIpc) is 2.47. The highest BCUT2D eigenvalue weighted by Gasteiger charge is 2.19. The van der Waals surface area contributed by atoms with Crippen LogP contribution in [0.25, 0.3) is 0 Å². The van der Waals surface area contributed by atoms with Gasteiger partial charge in [0.2, 0.25) is 0 Å². The van der Waals surface area contributed by atoms with Crippen LogP contribution < -0.4 is 0 Å². The van der Waals surface area contributed by atoms with Crippen LogP contribution in [0.15, 0.2) is 24.3 Å². The molecule has 0 spiro atoms. The molecular formula is C19H26. The van der Waals surface area contributed by atoms with Crippen molar-refractivity contribution in [2.75, 3.05) is 0 Å². The molecule has 0 amide bonds. The van der Waals surface area contributed by atoms with Gasteiger partial charge in [0.25, 0.3) is 0 Å². The number of rotatable bonds is 5. The predicted molar refractivity (Wildman–Crippen MR) is 83.0 cm³/mol. The van der Waals surface area contributed by atoms with Crippen molar-refractivity contribution in [3.05, 3.63) is 35.4 Å². The maximum Gasteiger partial charge on any atom is 0.0200 e. The Bertz CT molecular complexity index is 399. The minimum atomic E-state index is 0.560. The second kappa shape index (κ2) is 7.39. The largest absolute Gasteiger partial charge is 0.120 e. The molecular weight excluding hydrogens is 228 g/mol. The van der Waals surface area contributed by atoms with Crippen molar-refractivity contribution in [2.24, 2.45) is 11.8 Å². The number of hydrogen-bond acceptors (Lipinski definition) is 0. The lowest BCUT2D eigenvalue weighted by Gasteiger charge is -2.25. The summed E-state index contributed by atoms with van der Waals surface area (Å²) in [6.07, 6.45) is 15.7. The molecule has 1 aromatic rings. The third-order valence-electron chi connectivity index (χ3n) is 4.49. The van der Waals surface area contributed by atoms with Crippen molar-refractivity contribution < 1.29 is 0 Å². The first-order chi connectivity index (χ1) is 9.31. The molecule has 0 aliphatic heterocycles. The van der Waals surface area contributed by atoms with Crippen LogP contribution in [0.5, 0.6) is 0 Å². The van der Waals surface area contributed by atoms with Gasteiger partial charge >= 0.3 is 0 Å². The predicted octanol–water partition coefficient (Wildman–Crippen LogP) is 5.01. The van der Waals surface area contributed by atoms with Gasteiger partial charge in [0.15, 0.2) is 0 Å². The molecule has 0 N–H and O–H groups in total. The molecule has 0 radical (unpaired) electrons. The number of terminal acetylenes is 1. The average molecular weight is 254 g/mol. The molecule has 1 aliphatic carbocycles. The SMILES string of the molecule is C#CC1CCC(CCc2ccc(CCC)cc2)CC1. The summed E-state index contributed by atoms with van der Waals surface area (Å²) in [4.78, 5) is 0. The molecule has 2 rings (SSSR count). The Labute approximate surface area is 118 Å². The molecule has 0 unspecified atom stereocenters. The van der Waals surface area contributed by atoms with Crippen LogP contribution in [0.2, 0.25) is 0 Å². The fourth-order valence-corrected chi connectivity index (χ4v) is 3.15. The third-order valence-corrected chi connectivity index (χ3v) is 4.49. The van der Waals surface area contributed by atoms with E-state index in [4.69, 9.17) is 6.42 Å². The molecule has 0 nitrogen and oxygen atoms in total. The molecule has 102 valence electrons. The first-order valence-electron chi connectivity index (χ1n) is 7.85. The minimum absolute atomic E-state index is 0.560. The van der Waals surface area contributed by atoms with Gasteiger partial charge in [-0.2, -0.15) is 0 Å². The molecule has 1 aliphatic rings. The zero-order valence-electron chi connectivity index (χ0n) is 12.2. The fourth-order valence-electron chi connectivity index (χ4n) is 3.15. The summed E-state index contributed by atoms with van der Waals surface area (Å²) in [6.45, 7) is 2.24. The van der Waals surface area contributed by atoms with Gasteiger partial charge < -0.3 is 0 Å². The van der Waals surface area contributed by atoms with Gasteiger partial charge in [-0.25, -0.2) is 0 Å². The highest BCUT2D eigenvalue weighted by Crippen LogP contribution is 2.31. The first-order valence-corrected chi connectivity index (χ1v) is 7.85.